The van der Waals surface area contributed by atoms with Crippen LogP contribution in [0.3, 0.4) is 0 Å². The lowest BCUT2D eigenvalue weighted by Gasteiger charge is -2.32. The zero-order chi connectivity index (χ0) is 23.5. The largest absolute Gasteiger partial charge is 0.358 e. The van der Waals surface area contributed by atoms with Crippen molar-refractivity contribution in [2.45, 2.75) is 33.9 Å². The molecule has 0 spiro atoms. The van der Waals surface area contributed by atoms with Crippen LogP contribution in [0.2, 0.25) is 0 Å². The molecule has 3 aromatic rings. The van der Waals surface area contributed by atoms with Crippen molar-refractivity contribution in [2.75, 3.05) is 38.5 Å². The first kappa shape index (κ1) is 23.0. The van der Waals surface area contributed by atoms with Gasteiger partial charge >= 0.3 is 11.8 Å². The molecule has 1 aliphatic rings. The van der Waals surface area contributed by atoms with Gasteiger partial charge in [-0.1, -0.05) is 23.8 Å². The van der Waals surface area contributed by atoms with Crippen LogP contribution in [-0.4, -0.2) is 59.8 Å². The van der Waals surface area contributed by atoms with E-state index in [9.17, 15) is 9.59 Å². The van der Waals surface area contributed by atoms with Crippen LogP contribution in [0.15, 0.2) is 36.4 Å². The van der Waals surface area contributed by atoms with Gasteiger partial charge in [0.25, 0.3) is 0 Å². The zero-order valence-corrected chi connectivity index (χ0v) is 19.9. The maximum Gasteiger partial charge on any atom is 0.313 e. The molecule has 4 rings (SSSR count). The number of carbonyl (C=O) groups excluding carboxylic acids is 2. The van der Waals surface area contributed by atoms with Crippen LogP contribution in [0.5, 0.6) is 0 Å². The zero-order valence-electron chi connectivity index (χ0n) is 19.9. The summed E-state index contributed by atoms with van der Waals surface area (Å²) in [4.78, 5) is 33.1. The predicted octanol–water partition coefficient (Wildman–Crippen LogP) is 3.10. The van der Waals surface area contributed by atoms with Gasteiger partial charge in [-0.15, -0.1) is 0 Å². The Bertz CT molecular complexity index is 1170. The Kier molecular flexibility index (Phi) is 6.81. The highest BCUT2D eigenvalue weighted by atomic mass is 16.2. The van der Waals surface area contributed by atoms with Crippen LogP contribution >= 0.6 is 0 Å². The molecule has 2 aromatic carbocycles. The van der Waals surface area contributed by atoms with Crippen molar-refractivity contribution in [1.82, 2.24) is 20.1 Å². The number of nitrogens with zero attached hydrogens (tertiary/aromatic N) is 2. The number of aromatic nitrogens is 1. The van der Waals surface area contributed by atoms with E-state index in [0.29, 0.717) is 5.69 Å². The summed E-state index contributed by atoms with van der Waals surface area (Å²) in [6.07, 6.45) is 0. The van der Waals surface area contributed by atoms with Crippen molar-refractivity contribution in [1.29, 1.82) is 0 Å². The quantitative estimate of drug-likeness (QED) is 0.525. The third-order valence-corrected chi connectivity index (χ3v) is 6.48. The van der Waals surface area contributed by atoms with E-state index in [-0.39, 0.29) is 6.54 Å². The molecule has 1 saturated heterocycles. The minimum absolute atomic E-state index is 0.285. The van der Waals surface area contributed by atoms with Gasteiger partial charge in [0.05, 0.1) is 5.52 Å². The lowest BCUT2D eigenvalue weighted by Crippen LogP contribution is -2.43. The van der Waals surface area contributed by atoms with Gasteiger partial charge in [-0.3, -0.25) is 14.5 Å². The van der Waals surface area contributed by atoms with Gasteiger partial charge in [0.1, 0.15) is 0 Å². The number of hydrogen-bond donors (Lipinski definition) is 3. The molecule has 174 valence electrons. The molecule has 7 heteroatoms. The highest BCUT2D eigenvalue weighted by molar-refractivity contribution is 6.39. The van der Waals surface area contributed by atoms with Gasteiger partial charge in [0, 0.05) is 56.0 Å². The first-order valence-corrected chi connectivity index (χ1v) is 11.5. The number of aromatic amines is 1. The van der Waals surface area contributed by atoms with E-state index >= 15 is 0 Å². The average Bonchev–Trinajstić information content (AvgIpc) is 3.07. The second kappa shape index (κ2) is 9.77. The van der Waals surface area contributed by atoms with E-state index in [2.05, 4.69) is 51.5 Å². The Balaban J connectivity index is 1.36. The van der Waals surface area contributed by atoms with Crippen LogP contribution in [-0.2, 0) is 22.7 Å². The molecule has 1 aliphatic heterocycles. The number of hydrogen-bond acceptors (Lipinski definition) is 4. The fraction of sp³-hybridized carbons (Fsp3) is 0.385. The summed E-state index contributed by atoms with van der Waals surface area (Å²) in [5, 5.41) is 6.66. The highest BCUT2D eigenvalue weighted by Crippen LogP contribution is 2.26. The van der Waals surface area contributed by atoms with Crippen LogP contribution in [0, 0.1) is 20.8 Å². The smallest absolute Gasteiger partial charge is 0.313 e. The SMILES string of the molecule is Cc1cc(CNC(=O)C(=O)Nc2cccc(CN3CCN(C)CC3)c2)c2[nH]c(C)c(C)c2c1. The van der Waals surface area contributed by atoms with Crippen LogP contribution < -0.4 is 10.6 Å². The van der Waals surface area contributed by atoms with Crippen molar-refractivity contribution >= 4 is 28.4 Å². The Morgan fingerprint density at radius 1 is 1.00 bits per heavy atom. The van der Waals surface area contributed by atoms with E-state index in [1.165, 1.54) is 5.56 Å². The highest BCUT2D eigenvalue weighted by Gasteiger charge is 2.17. The van der Waals surface area contributed by atoms with Crippen molar-refractivity contribution in [3.63, 3.8) is 0 Å². The number of benzene rings is 2. The molecule has 0 saturated carbocycles. The minimum atomic E-state index is -0.658. The third-order valence-electron chi connectivity index (χ3n) is 6.48. The normalized spacial score (nSPS) is 15.0. The number of carbonyl (C=O) groups is 2. The van der Waals surface area contributed by atoms with Crippen molar-refractivity contribution in [3.05, 3.63) is 64.3 Å². The number of amides is 2. The Morgan fingerprint density at radius 3 is 2.52 bits per heavy atom. The summed E-state index contributed by atoms with van der Waals surface area (Å²) in [7, 11) is 2.14. The number of piperazine rings is 1. The lowest BCUT2D eigenvalue weighted by molar-refractivity contribution is -0.136. The predicted molar refractivity (Wildman–Crippen MR) is 132 cm³/mol. The Hall–Kier alpha value is -3.16. The van der Waals surface area contributed by atoms with E-state index in [1.54, 1.807) is 0 Å². The number of anilines is 1. The molecule has 0 aliphatic carbocycles. The van der Waals surface area contributed by atoms with Crippen LogP contribution in [0.25, 0.3) is 10.9 Å². The molecule has 0 radical (unpaired) electrons. The third kappa shape index (κ3) is 5.43. The maximum atomic E-state index is 12.5. The number of nitrogens with one attached hydrogen (secondary N) is 3. The Morgan fingerprint density at radius 2 is 1.76 bits per heavy atom. The second-order valence-corrected chi connectivity index (χ2v) is 9.14. The summed E-state index contributed by atoms with van der Waals surface area (Å²) >= 11 is 0. The first-order valence-electron chi connectivity index (χ1n) is 11.5. The molecule has 7 nitrogen and oxygen atoms in total. The summed E-state index contributed by atoms with van der Waals surface area (Å²) < 4.78 is 0. The summed E-state index contributed by atoms with van der Waals surface area (Å²) in [6, 6.07) is 11.9. The molecule has 1 aromatic heterocycles. The minimum Gasteiger partial charge on any atom is -0.358 e. The number of rotatable bonds is 5. The molecule has 0 unspecified atom stereocenters. The number of fused-ring (bicyclic) bond motifs is 1. The van der Waals surface area contributed by atoms with E-state index in [0.717, 1.165) is 66.0 Å². The van der Waals surface area contributed by atoms with Gasteiger partial charge in [-0.2, -0.15) is 0 Å². The van der Waals surface area contributed by atoms with Crippen LogP contribution in [0.4, 0.5) is 5.69 Å². The number of likely N-dealkylation sites (N-methyl/N-ethyl adjacent to an activating group) is 1. The van der Waals surface area contributed by atoms with Crippen molar-refractivity contribution in [2.24, 2.45) is 0 Å². The fourth-order valence-corrected chi connectivity index (χ4v) is 4.38. The summed E-state index contributed by atoms with van der Waals surface area (Å²) in [5.41, 5.74) is 7.17. The molecule has 33 heavy (non-hydrogen) atoms. The Labute approximate surface area is 195 Å². The summed E-state index contributed by atoms with van der Waals surface area (Å²) in [6.45, 7) is 11.5. The molecule has 0 atom stereocenters. The maximum absolute atomic E-state index is 12.5. The summed E-state index contributed by atoms with van der Waals surface area (Å²) in [5.74, 6) is -1.30. The molecule has 1 fully saturated rings. The second-order valence-electron chi connectivity index (χ2n) is 9.14. The molecule has 2 amide bonds. The lowest BCUT2D eigenvalue weighted by atomic mass is 10.0. The van der Waals surface area contributed by atoms with Gasteiger partial charge in [0.2, 0.25) is 0 Å². The first-order chi connectivity index (χ1) is 15.8. The standard InChI is InChI=1S/C26H33N5O2/c1-17-12-21(24-23(13-17)18(2)19(3)28-24)15-27-25(32)26(33)29-22-7-5-6-20(14-22)16-31-10-8-30(4)9-11-31/h5-7,12-14,28H,8-11,15-16H2,1-4H3,(H,27,32)(H,29,33). The number of H-pyrrole nitrogens is 1. The molecular formula is C26H33N5O2. The average molecular weight is 448 g/mol. The molecule has 2 heterocycles. The molecular weight excluding hydrogens is 414 g/mol. The van der Waals surface area contributed by atoms with Crippen LogP contribution in [0.1, 0.15) is 27.9 Å². The number of aryl methyl sites for hydroxylation is 3. The monoisotopic (exact) mass is 447 g/mol. The van der Waals surface area contributed by atoms with E-state index < -0.39 is 11.8 Å². The van der Waals surface area contributed by atoms with Gasteiger partial charge in [-0.05, 0) is 62.7 Å². The van der Waals surface area contributed by atoms with Gasteiger partial charge in [-0.25, -0.2) is 0 Å². The van der Waals surface area contributed by atoms with E-state index in [4.69, 9.17) is 0 Å². The van der Waals surface area contributed by atoms with Gasteiger partial charge in [0.15, 0.2) is 0 Å². The fourth-order valence-electron chi connectivity index (χ4n) is 4.38. The van der Waals surface area contributed by atoms with E-state index in [1.807, 2.05) is 38.1 Å². The van der Waals surface area contributed by atoms with Crippen molar-refractivity contribution in [3.8, 4) is 0 Å². The molecule has 3 N–H and O–H groups in total. The van der Waals surface area contributed by atoms with Gasteiger partial charge < -0.3 is 20.5 Å². The van der Waals surface area contributed by atoms with Crippen molar-refractivity contribution < 1.29 is 9.59 Å². The molecule has 0 bridgehead atoms. The topological polar surface area (TPSA) is 80.5 Å².